The SMILES string of the molecule is C[C@H]1C[C@@H]1c1ccc(CN(C(=O)CN(C)S(C)(=O)=O)C2CC2)o1. The van der Waals surface area contributed by atoms with E-state index in [1.807, 2.05) is 12.1 Å². The Bertz CT molecular complexity index is 693. The number of furan rings is 1. The van der Waals surface area contributed by atoms with Crippen molar-refractivity contribution in [3.8, 4) is 0 Å². The number of nitrogens with zero attached hydrogens (tertiary/aromatic N) is 2. The highest BCUT2D eigenvalue weighted by molar-refractivity contribution is 7.88. The molecule has 0 bridgehead atoms. The average Bonchev–Trinajstić information content (AvgIpc) is 3.36. The highest BCUT2D eigenvalue weighted by Crippen LogP contribution is 2.47. The molecule has 23 heavy (non-hydrogen) atoms. The Hall–Kier alpha value is -1.34. The van der Waals surface area contributed by atoms with E-state index in [-0.39, 0.29) is 18.5 Å². The number of hydrogen-bond donors (Lipinski definition) is 0. The van der Waals surface area contributed by atoms with Crippen LogP contribution in [0.2, 0.25) is 0 Å². The highest BCUT2D eigenvalue weighted by atomic mass is 32.2. The lowest BCUT2D eigenvalue weighted by atomic mass is 10.3. The molecule has 0 aromatic carbocycles. The molecule has 0 radical (unpaired) electrons. The van der Waals surface area contributed by atoms with E-state index in [0.717, 1.165) is 41.3 Å². The number of amides is 1. The van der Waals surface area contributed by atoms with Gasteiger partial charge in [-0.15, -0.1) is 0 Å². The summed E-state index contributed by atoms with van der Waals surface area (Å²) < 4.78 is 29.9. The molecule has 3 rings (SSSR count). The highest BCUT2D eigenvalue weighted by Gasteiger charge is 2.37. The number of rotatable bonds is 7. The van der Waals surface area contributed by atoms with Crippen molar-refractivity contribution in [3.05, 3.63) is 23.7 Å². The summed E-state index contributed by atoms with van der Waals surface area (Å²) >= 11 is 0. The molecule has 2 fully saturated rings. The summed E-state index contributed by atoms with van der Waals surface area (Å²) in [4.78, 5) is 14.2. The van der Waals surface area contributed by atoms with Crippen LogP contribution >= 0.6 is 0 Å². The predicted molar refractivity (Wildman–Crippen MR) is 86.3 cm³/mol. The van der Waals surface area contributed by atoms with Crippen molar-refractivity contribution in [1.29, 1.82) is 0 Å². The maximum absolute atomic E-state index is 12.5. The third kappa shape index (κ3) is 3.95. The van der Waals surface area contributed by atoms with Crippen LogP contribution < -0.4 is 0 Å². The van der Waals surface area contributed by atoms with Crippen LogP contribution in [0, 0.1) is 5.92 Å². The zero-order valence-electron chi connectivity index (χ0n) is 13.9. The fraction of sp³-hybridized carbons (Fsp3) is 0.688. The van der Waals surface area contributed by atoms with Gasteiger partial charge in [0.1, 0.15) is 11.5 Å². The van der Waals surface area contributed by atoms with Gasteiger partial charge in [-0.25, -0.2) is 8.42 Å². The summed E-state index contributed by atoms with van der Waals surface area (Å²) in [6.45, 7) is 2.50. The third-order valence-electron chi connectivity index (χ3n) is 4.72. The quantitative estimate of drug-likeness (QED) is 0.759. The second-order valence-electron chi connectivity index (χ2n) is 6.90. The zero-order valence-corrected chi connectivity index (χ0v) is 14.7. The van der Waals surface area contributed by atoms with Gasteiger partial charge in [-0.1, -0.05) is 6.92 Å². The molecular formula is C16H24N2O4S. The van der Waals surface area contributed by atoms with Gasteiger partial charge in [0.15, 0.2) is 0 Å². The van der Waals surface area contributed by atoms with Crippen LogP contribution in [0.15, 0.2) is 16.5 Å². The molecule has 0 aliphatic heterocycles. The lowest BCUT2D eigenvalue weighted by Crippen LogP contribution is -2.41. The van der Waals surface area contributed by atoms with Crippen LogP contribution in [-0.2, 0) is 21.4 Å². The van der Waals surface area contributed by atoms with E-state index < -0.39 is 10.0 Å². The van der Waals surface area contributed by atoms with Crippen LogP contribution in [0.5, 0.6) is 0 Å². The van der Waals surface area contributed by atoms with E-state index in [1.165, 1.54) is 7.05 Å². The largest absolute Gasteiger partial charge is 0.464 e. The molecule has 128 valence electrons. The molecule has 1 amide bonds. The van der Waals surface area contributed by atoms with E-state index in [9.17, 15) is 13.2 Å². The van der Waals surface area contributed by atoms with Crippen molar-refractivity contribution < 1.29 is 17.6 Å². The van der Waals surface area contributed by atoms with Crippen LogP contribution in [0.25, 0.3) is 0 Å². The molecule has 2 aliphatic rings. The van der Waals surface area contributed by atoms with E-state index in [0.29, 0.717) is 18.4 Å². The predicted octanol–water partition coefficient (Wildman–Crippen LogP) is 1.79. The summed E-state index contributed by atoms with van der Waals surface area (Å²) in [5.74, 6) is 2.81. The summed E-state index contributed by atoms with van der Waals surface area (Å²) in [5.41, 5.74) is 0. The lowest BCUT2D eigenvalue weighted by molar-refractivity contribution is -0.132. The molecule has 7 heteroatoms. The lowest BCUT2D eigenvalue weighted by Gasteiger charge is -2.24. The first-order valence-electron chi connectivity index (χ1n) is 8.05. The van der Waals surface area contributed by atoms with Crippen LogP contribution in [0.4, 0.5) is 0 Å². The summed E-state index contributed by atoms with van der Waals surface area (Å²) in [6, 6.07) is 4.15. The molecular weight excluding hydrogens is 316 g/mol. The van der Waals surface area contributed by atoms with Crippen molar-refractivity contribution in [3.63, 3.8) is 0 Å². The molecule has 0 spiro atoms. The van der Waals surface area contributed by atoms with Gasteiger partial charge in [0.25, 0.3) is 0 Å². The molecule has 1 aromatic rings. The summed E-state index contributed by atoms with van der Waals surface area (Å²) in [6.07, 6.45) is 4.22. The van der Waals surface area contributed by atoms with Gasteiger partial charge in [0, 0.05) is 19.0 Å². The summed E-state index contributed by atoms with van der Waals surface area (Å²) in [5, 5.41) is 0. The minimum Gasteiger partial charge on any atom is -0.464 e. The first kappa shape index (κ1) is 16.5. The molecule has 0 saturated heterocycles. The Morgan fingerprint density at radius 2 is 2.00 bits per heavy atom. The molecule has 1 heterocycles. The van der Waals surface area contributed by atoms with Gasteiger partial charge < -0.3 is 9.32 Å². The zero-order chi connectivity index (χ0) is 16.8. The Morgan fingerprint density at radius 1 is 1.35 bits per heavy atom. The topological polar surface area (TPSA) is 70.8 Å². The second-order valence-corrected chi connectivity index (χ2v) is 8.98. The number of likely N-dealkylation sites (N-methyl/N-ethyl adjacent to an activating group) is 1. The van der Waals surface area contributed by atoms with Crippen LogP contribution in [-0.4, -0.2) is 49.4 Å². The number of carbonyl (C=O) groups is 1. The normalized spacial score (nSPS) is 24.0. The van der Waals surface area contributed by atoms with E-state index in [2.05, 4.69) is 6.92 Å². The van der Waals surface area contributed by atoms with Gasteiger partial charge in [-0.05, 0) is 37.3 Å². The molecule has 6 nitrogen and oxygen atoms in total. The maximum atomic E-state index is 12.5. The fourth-order valence-corrected chi connectivity index (χ4v) is 3.12. The molecule has 2 aliphatic carbocycles. The minimum atomic E-state index is -3.35. The second kappa shape index (κ2) is 5.94. The Kier molecular flexibility index (Phi) is 4.27. The first-order chi connectivity index (χ1) is 10.8. The van der Waals surface area contributed by atoms with Gasteiger partial charge in [0.05, 0.1) is 19.3 Å². The average molecular weight is 340 g/mol. The minimum absolute atomic E-state index is 0.122. The Balaban J connectivity index is 1.65. The van der Waals surface area contributed by atoms with E-state index in [1.54, 1.807) is 4.90 Å². The molecule has 0 unspecified atom stereocenters. The molecule has 1 aromatic heterocycles. The molecule has 2 saturated carbocycles. The van der Waals surface area contributed by atoms with Crippen molar-refractivity contribution in [1.82, 2.24) is 9.21 Å². The smallest absolute Gasteiger partial charge is 0.238 e. The van der Waals surface area contributed by atoms with Gasteiger partial charge in [0.2, 0.25) is 15.9 Å². The molecule has 2 atom stereocenters. The third-order valence-corrected chi connectivity index (χ3v) is 5.98. The first-order valence-corrected chi connectivity index (χ1v) is 9.90. The summed E-state index contributed by atoms with van der Waals surface area (Å²) in [7, 11) is -1.92. The van der Waals surface area contributed by atoms with E-state index in [4.69, 9.17) is 4.42 Å². The van der Waals surface area contributed by atoms with Crippen molar-refractivity contribution in [2.24, 2.45) is 5.92 Å². The fourth-order valence-electron chi connectivity index (χ4n) is 2.77. The number of carbonyl (C=O) groups excluding carboxylic acids is 1. The molecule has 0 N–H and O–H groups in total. The van der Waals surface area contributed by atoms with Gasteiger partial charge in [-0.2, -0.15) is 4.31 Å². The standard InChI is InChI=1S/C16H24N2O4S/c1-11-8-14(11)15-7-6-13(22-15)9-18(12-4-5-12)16(19)10-17(2)23(3,20)21/h6-7,11-12,14H,4-5,8-10H2,1-3H3/t11-,14-/m0/s1. The van der Waals surface area contributed by atoms with Crippen molar-refractivity contribution >= 4 is 15.9 Å². The van der Waals surface area contributed by atoms with Crippen LogP contribution in [0.3, 0.4) is 0 Å². The monoisotopic (exact) mass is 340 g/mol. The van der Waals surface area contributed by atoms with Gasteiger partial charge >= 0.3 is 0 Å². The van der Waals surface area contributed by atoms with Crippen molar-refractivity contribution in [2.75, 3.05) is 19.8 Å². The van der Waals surface area contributed by atoms with Gasteiger partial charge in [-0.3, -0.25) is 4.79 Å². The van der Waals surface area contributed by atoms with E-state index >= 15 is 0 Å². The Labute approximate surface area is 137 Å². The maximum Gasteiger partial charge on any atom is 0.238 e. The number of hydrogen-bond acceptors (Lipinski definition) is 4. The number of sulfonamides is 1. The van der Waals surface area contributed by atoms with Crippen molar-refractivity contribution in [2.45, 2.75) is 44.7 Å². The van der Waals surface area contributed by atoms with Crippen LogP contribution in [0.1, 0.15) is 43.6 Å². The Morgan fingerprint density at radius 3 is 2.52 bits per heavy atom.